The van der Waals surface area contributed by atoms with Crippen molar-refractivity contribution in [3.05, 3.63) is 0 Å². The molecule has 3 nitrogen and oxygen atoms in total. The summed E-state index contributed by atoms with van der Waals surface area (Å²) in [6, 6.07) is 0.629. The summed E-state index contributed by atoms with van der Waals surface area (Å²) in [5, 5.41) is 3.20. The predicted molar refractivity (Wildman–Crippen MR) is 49.0 cm³/mol. The van der Waals surface area contributed by atoms with Crippen molar-refractivity contribution in [2.24, 2.45) is 0 Å². The van der Waals surface area contributed by atoms with Gasteiger partial charge in [-0.3, -0.25) is 4.79 Å². The number of rotatable bonds is 5. The first-order valence-electron chi connectivity index (χ1n) is 4.71. The first-order chi connectivity index (χ1) is 5.74. The van der Waals surface area contributed by atoms with Gasteiger partial charge in [-0.05, 0) is 19.3 Å². The molecule has 1 rings (SSSR count). The third kappa shape index (κ3) is 3.22. The minimum absolute atomic E-state index is 0.212. The number of hydrogen-bond donors (Lipinski definition) is 1. The fourth-order valence-corrected chi connectivity index (χ4v) is 1.11. The van der Waals surface area contributed by atoms with Crippen LogP contribution >= 0.6 is 0 Å². The maximum Gasteiger partial charge on any atom is 0.236 e. The van der Waals surface area contributed by atoms with E-state index in [2.05, 4.69) is 12.2 Å². The summed E-state index contributed by atoms with van der Waals surface area (Å²) >= 11 is 0. The van der Waals surface area contributed by atoms with Crippen LogP contribution in [0.1, 0.15) is 26.2 Å². The van der Waals surface area contributed by atoms with Gasteiger partial charge in [-0.25, -0.2) is 0 Å². The average Bonchev–Trinajstić information content (AvgIpc) is 2.83. The third-order valence-electron chi connectivity index (χ3n) is 2.10. The maximum absolute atomic E-state index is 11.3. The number of nitrogens with zero attached hydrogens (tertiary/aromatic N) is 1. The van der Waals surface area contributed by atoms with Crippen LogP contribution in [-0.4, -0.2) is 37.0 Å². The average molecular weight is 170 g/mol. The fourth-order valence-electron chi connectivity index (χ4n) is 1.11. The lowest BCUT2D eigenvalue weighted by molar-refractivity contribution is -0.129. The number of hydrogen-bond acceptors (Lipinski definition) is 2. The Morgan fingerprint density at radius 1 is 1.58 bits per heavy atom. The highest BCUT2D eigenvalue weighted by molar-refractivity contribution is 5.77. The monoisotopic (exact) mass is 170 g/mol. The second kappa shape index (κ2) is 4.45. The molecule has 1 aliphatic rings. The molecule has 0 radical (unpaired) electrons. The number of amides is 1. The molecule has 0 atom stereocenters. The van der Waals surface area contributed by atoms with Crippen LogP contribution in [0.15, 0.2) is 0 Å². The van der Waals surface area contributed by atoms with Gasteiger partial charge in [0.25, 0.3) is 0 Å². The summed E-state index contributed by atoms with van der Waals surface area (Å²) in [4.78, 5) is 13.1. The summed E-state index contributed by atoms with van der Waals surface area (Å²) in [5.74, 6) is 0.212. The Kier molecular flexibility index (Phi) is 3.53. The van der Waals surface area contributed by atoms with Crippen molar-refractivity contribution >= 4 is 5.91 Å². The van der Waals surface area contributed by atoms with Crippen molar-refractivity contribution in [3.63, 3.8) is 0 Å². The van der Waals surface area contributed by atoms with Gasteiger partial charge in [-0.2, -0.15) is 0 Å². The van der Waals surface area contributed by atoms with Crippen molar-refractivity contribution in [2.45, 2.75) is 32.2 Å². The molecule has 1 aliphatic carbocycles. The third-order valence-corrected chi connectivity index (χ3v) is 2.10. The Labute approximate surface area is 74.1 Å². The molecule has 0 aliphatic heterocycles. The Balaban J connectivity index is 2.07. The van der Waals surface area contributed by atoms with E-state index >= 15 is 0 Å². The van der Waals surface area contributed by atoms with E-state index in [1.54, 1.807) is 4.90 Å². The fraction of sp³-hybridized carbons (Fsp3) is 0.889. The highest BCUT2D eigenvalue weighted by Crippen LogP contribution is 2.17. The minimum atomic E-state index is 0.212. The first-order valence-corrected chi connectivity index (χ1v) is 4.71. The molecule has 1 amide bonds. The largest absolute Gasteiger partial charge is 0.345 e. The lowest BCUT2D eigenvalue weighted by Crippen LogP contribution is -2.36. The highest BCUT2D eigenvalue weighted by Gasteiger charge is 2.21. The molecule has 0 saturated heterocycles. The lowest BCUT2D eigenvalue weighted by Gasteiger charge is -2.15. The Morgan fingerprint density at radius 3 is 2.75 bits per heavy atom. The molecular formula is C9H18N2O. The van der Waals surface area contributed by atoms with Crippen LogP contribution in [0.5, 0.6) is 0 Å². The van der Waals surface area contributed by atoms with Gasteiger partial charge in [0.2, 0.25) is 5.91 Å². The van der Waals surface area contributed by atoms with Gasteiger partial charge < -0.3 is 10.2 Å². The number of likely N-dealkylation sites (N-methyl/N-ethyl adjacent to an activating group) is 1. The van der Waals surface area contributed by atoms with Gasteiger partial charge in [0.15, 0.2) is 0 Å². The summed E-state index contributed by atoms with van der Waals surface area (Å²) in [6.07, 6.45) is 3.52. The molecule has 1 saturated carbocycles. The molecule has 0 aromatic carbocycles. The van der Waals surface area contributed by atoms with E-state index in [-0.39, 0.29) is 5.91 Å². The summed E-state index contributed by atoms with van der Waals surface area (Å²) < 4.78 is 0. The van der Waals surface area contributed by atoms with E-state index in [1.165, 1.54) is 12.8 Å². The van der Waals surface area contributed by atoms with Crippen LogP contribution in [0.25, 0.3) is 0 Å². The van der Waals surface area contributed by atoms with Gasteiger partial charge in [0.1, 0.15) is 0 Å². The number of carbonyl (C=O) groups is 1. The second-order valence-corrected chi connectivity index (χ2v) is 3.47. The first kappa shape index (κ1) is 9.52. The lowest BCUT2D eigenvalue weighted by atomic mass is 10.4. The second-order valence-electron chi connectivity index (χ2n) is 3.47. The molecule has 0 unspecified atom stereocenters. The van der Waals surface area contributed by atoms with E-state index in [0.29, 0.717) is 12.6 Å². The van der Waals surface area contributed by atoms with Gasteiger partial charge in [-0.1, -0.05) is 6.92 Å². The zero-order valence-corrected chi connectivity index (χ0v) is 7.97. The van der Waals surface area contributed by atoms with E-state index < -0.39 is 0 Å². The van der Waals surface area contributed by atoms with Crippen LogP contribution in [-0.2, 0) is 4.79 Å². The van der Waals surface area contributed by atoms with Crippen molar-refractivity contribution in [3.8, 4) is 0 Å². The van der Waals surface area contributed by atoms with Crippen molar-refractivity contribution in [1.29, 1.82) is 0 Å². The van der Waals surface area contributed by atoms with E-state index in [9.17, 15) is 4.79 Å². The van der Waals surface area contributed by atoms with Crippen molar-refractivity contribution < 1.29 is 4.79 Å². The maximum atomic E-state index is 11.3. The summed E-state index contributed by atoms with van der Waals surface area (Å²) in [6.45, 7) is 3.46. The molecular weight excluding hydrogens is 152 g/mol. The quantitative estimate of drug-likeness (QED) is 0.655. The van der Waals surface area contributed by atoms with E-state index in [4.69, 9.17) is 0 Å². The zero-order chi connectivity index (χ0) is 8.97. The van der Waals surface area contributed by atoms with Gasteiger partial charge in [0, 0.05) is 19.6 Å². The van der Waals surface area contributed by atoms with Gasteiger partial charge in [-0.15, -0.1) is 0 Å². The summed E-state index contributed by atoms with van der Waals surface area (Å²) in [5.41, 5.74) is 0. The van der Waals surface area contributed by atoms with Gasteiger partial charge in [0.05, 0.1) is 6.54 Å². The smallest absolute Gasteiger partial charge is 0.236 e. The molecule has 12 heavy (non-hydrogen) atoms. The van der Waals surface area contributed by atoms with Gasteiger partial charge >= 0.3 is 0 Å². The summed E-state index contributed by atoms with van der Waals surface area (Å²) in [7, 11) is 1.86. The molecule has 0 aromatic heterocycles. The number of nitrogens with one attached hydrogen (secondary N) is 1. The van der Waals surface area contributed by atoms with Crippen molar-refractivity contribution in [1.82, 2.24) is 10.2 Å². The predicted octanol–water partition coefficient (Wildman–Crippen LogP) is 0.607. The number of carbonyl (C=O) groups excluding carboxylic acids is 1. The van der Waals surface area contributed by atoms with E-state index in [1.807, 2.05) is 7.05 Å². The molecule has 0 aromatic rings. The Bertz CT molecular complexity index is 155. The molecule has 1 fully saturated rings. The highest BCUT2D eigenvalue weighted by atomic mass is 16.2. The Hall–Kier alpha value is -0.570. The molecule has 70 valence electrons. The Morgan fingerprint density at radius 2 is 2.25 bits per heavy atom. The zero-order valence-electron chi connectivity index (χ0n) is 7.97. The molecule has 0 heterocycles. The van der Waals surface area contributed by atoms with Crippen LogP contribution in [0.4, 0.5) is 0 Å². The molecule has 1 N–H and O–H groups in total. The van der Waals surface area contributed by atoms with Crippen LogP contribution < -0.4 is 5.32 Å². The standard InChI is InChI=1S/C9H18N2O/c1-3-6-11(2)9(12)7-10-8-4-5-8/h8,10H,3-7H2,1-2H3. The molecule has 3 heteroatoms. The van der Waals surface area contributed by atoms with Crippen molar-refractivity contribution in [2.75, 3.05) is 20.1 Å². The van der Waals surface area contributed by atoms with Crippen LogP contribution in [0.3, 0.4) is 0 Å². The van der Waals surface area contributed by atoms with Crippen LogP contribution in [0.2, 0.25) is 0 Å². The minimum Gasteiger partial charge on any atom is -0.345 e. The normalized spacial score (nSPS) is 16.2. The SMILES string of the molecule is CCCN(C)C(=O)CNC1CC1. The van der Waals surface area contributed by atoms with Crippen LogP contribution in [0, 0.1) is 0 Å². The van der Waals surface area contributed by atoms with E-state index in [0.717, 1.165) is 13.0 Å². The molecule has 0 spiro atoms. The molecule has 0 bridgehead atoms. The topological polar surface area (TPSA) is 32.3 Å².